The first-order chi connectivity index (χ1) is 11.7. The van der Waals surface area contributed by atoms with E-state index < -0.39 is 41.4 Å². The molecule has 1 N–H and O–H groups in total. The highest BCUT2D eigenvalue weighted by molar-refractivity contribution is 6.11. The van der Waals surface area contributed by atoms with Gasteiger partial charge >= 0.3 is 6.03 Å². The number of hydrogen-bond acceptors (Lipinski definition) is 4. The number of halogens is 2. The van der Waals surface area contributed by atoms with Crippen LogP contribution in [0.2, 0.25) is 0 Å². The SMILES string of the molecule is Cc1ccc([C@]2(C)NC(=O)N(CC(=O)c3ccc(F)c(F)c3)C2=O)o1. The molecule has 2 heterocycles. The van der Waals surface area contributed by atoms with E-state index in [-0.39, 0.29) is 11.3 Å². The maximum atomic E-state index is 13.3. The maximum absolute atomic E-state index is 13.3. The van der Waals surface area contributed by atoms with Crippen LogP contribution in [-0.2, 0) is 10.3 Å². The lowest BCUT2D eigenvalue weighted by molar-refractivity contribution is -0.131. The van der Waals surface area contributed by atoms with Crippen molar-refractivity contribution >= 4 is 17.7 Å². The van der Waals surface area contributed by atoms with Crippen LogP contribution in [0.5, 0.6) is 0 Å². The first kappa shape index (κ1) is 16.8. The van der Waals surface area contributed by atoms with Crippen LogP contribution in [-0.4, -0.2) is 29.2 Å². The predicted octanol–water partition coefficient (Wildman–Crippen LogP) is 2.52. The zero-order chi connectivity index (χ0) is 18.4. The van der Waals surface area contributed by atoms with Gasteiger partial charge in [0.15, 0.2) is 23.0 Å². The Morgan fingerprint density at radius 2 is 1.92 bits per heavy atom. The van der Waals surface area contributed by atoms with Gasteiger partial charge in [0.25, 0.3) is 5.91 Å². The van der Waals surface area contributed by atoms with Crippen molar-refractivity contribution in [1.82, 2.24) is 10.2 Å². The van der Waals surface area contributed by atoms with E-state index in [1.54, 1.807) is 19.1 Å². The maximum Gasteiger partial charge on any atom is 0.325 e. The molecule has 3 amide bonds. The lowest BCUT2D eigenvalue weighted by atomic mass is 9.99. The second kappa shape index (κ2) is 5.80. The van der Waals surface area contributed by atoms with E-state index >= 15 is 0 Å². The van der Waals surface area contributed by atoms with Crippen LogP contribution in [0.1, 0.15) is 28.8 Å². The summed E-state index contributed by atoms with van der Waals surface area (Å²) in [7, 11) is 0. The summed E-state index contributed by atoms with van der Waals surface area (Å²) in [6.45, 7) is 2.57. The Balaban J connectivity index is 1.83. The van der Waals surface area contributed by atoms with Crippen molar-refractivity contribution in [3.05, 3.63) is 59.1 Å². The second-order valence-electron chi connectivity index (χ2n) is 5.91. The molecule has 2 aromatic rings. The molecule has 1 aromatic heterocycles. The number of aryl methyl sites for hydroxylation is 1. The monoisotopic (exact) mass is 348 g/mol. The molecule has 1 aliphatic rings. The number of furan rings is 1. The third kappa shape index (κ3) is 2.79. The number of Topliss-reactive ketones (excluding diaryl/α,β-unsaturated/α-hetero) is 1. The number of benzene rings is 1. The summed E-state index contributed by atoms with van der Waals surface area (Å²) in [6.07, 6.45) is 0. The average Bonchev–Trinajstić information content (AvgIpc) is 3.08. The summed E-state index contributed by atoms with van der Waals surface area (Å²) in [5.74, 6) is -2.82. The number of imide groups is 1. The number of amides is 3. The number of urea groups is 1. The Morgan fingerprint density at radius 1 is 1.20 bits per heavy atom. The first-order valence-corrected chi connectivity index (χ1v) is 7.41. The Labute approximate surface area is 141 Å². The Bertz CT molecular complexity index is 893. The van der Waals surface area contributed by atoms with Gasteiger partial charge in [-0.15, -0.1) is 0 Å². The Morgan fingerprint density at radius 3 is 2.52 bits per heavy atom. The molecular weight excluding hydrogens is 334 g/mol. The van der Waals surface area contributed by atoms with Crippen molar-refractivity contribution in [1.29, 1.82) is 0 Å². The largest absolute Gasteiger partial charge is 0.463 e. The number of ketones is 1. The molecule has 3 rings (SSSR count). The molecule has 0 spiro atoms. The van der Waals surface area contributed by atoms with Crippen molar-refractivity contribution in [2.24, 2.45) is 0 Å². The van der Waals surface area contributed by atoms with E-state index in [9.17, 15) is 23.2 Å². The molecule has 8 heteroatoms. The molecule has 1 saturated heterocycles. The van der Waals surface area contributed by atoms with E-state index in [0.29, 0.717) is 5.76 Å². The summed E-state index contributed by atoms with van der Waals surface area (Å²) in [4.78, 5) is 37.7. The number of hydrogen-bond donors (Lipinski definition) is 1. The molecule has 0 bridgehead atoms. The summed E-state index contributed by atoms with van der Waals surface area (Å²) >= 11 is 0. The smallest absolute Gasteiger partial charge is 0.325 e. The number of rotatable bonds is 4. The van der Waals surface area contributed by atoms with E-state index in [0.717, 1.165) is 23.1 Å². The molecule has 0 radical (unpaired) electrons. The minimum Gasteiger partial charge on any atom is -0.463 e. The van der Waals surface area contributed by atoms with Crippen LogP contribution in [0.3, 0.4) is 0 Å². The highest BCUT2D eigenvalue weighted by Crippen LogP contribution is 2.30. The summed E-state index contributed by atoms with van der Waals surface area (Å²) in [6, 6.07) is 5.07. The summed E-state index contributed by atoms with van der Waals surface area (Å²) in [5.41, 5.74) is -1.57. The van der Waals surface area contributed by atoms with Crippen LogP contribution >= 0.6 is 0 Å². The van der Waals surface area contributed by atoms with Gasteiger partial charge in [0, 0.05) is 5.56 Å². The summed E-state index contributed by atoms with van der Waals surface area (Å²) < 4.78 is 31.6. The van der Waals surface area contributed by atoms with Gasteiger partial charge in [0.2, 0.25) is 0 Å². The molecule has 6 nitrogen and oxygen atoms in total. The highest BCUT2D eigenvalue weighted by Gasteiger charge is 2.51. The number of carbonyl (C=O) groups excluding carboxylic acids is 3. The predicted molar refractivity (Wildman–Crippen MR) is 81.7 cm³/mol. The van der Waals surface area contributed by atoms with E-state index in [1.807, 2.05) is 0 Å². The molecule has 1 aromatic carbocycles. The number of carbonyl (C=O) groups is 3. The molecular formula is C17H14F2N2O4. The zero-order valence-corrected chi connectivity index (χ0v) is 13.4. The van der Waals surface area contributed by atoms with Crippen molar-refractivity contribution in [3.8, 4) is 0 Å². The van der Waals surface area contributed by atoms with Crippen LogP contribution < -0.4 is 5.32 Å². The van der Waals surface area contributed by atoms with Gasteiger partial charge in [0.1, 0.15) is 11.5 Å². The molecule has 0 saturated carbocycles. The van der Waals surface area contributed by atoms with Gasteiger partial charge in [0.05, 0.1) is 6.54 Å². The quantitative estimate of drug-likeness (QED) is 0.680. The minimum atomic E-state index is -1.43. The molecule has 1 fully saturated rings. The first-order valence-electron chi connectivity index (χ1n) is 7.41. The summed E-state index contributed by atoms with van der Waals surface area (Å²) in [5, 5.41) is 2.49. The molecule has 1 atom stereocenters. The third-order valence-electron chi connectivity index (χ3n) is 4.05. The Hall–Kier alpha value is -3.03. The molecule has 130 valence electrons. The van der Waals surface area contributed by atoms with E-state index in [2.05, 4.69) is 5.32 Å². The lowest BCUT2D eigenvalue weighted by Crippen LogP contribution is -2.41. The van der Waals surface area contributed by atoms with Gasteiger partial charge in [-0.1, -0.05) is 0 Å². The van der Waals surface area contributed by atoms with E-state index in [4.69, 9.17) is 4.42 Å². The topological polar surface area (TPSA) is 79.6 Å². The molecule has 0 aliphatic carbocycles. The number of nitrogens with one attached hydrogen (secondary N) is 1. The van der Waals surface area contributed by atoms with Crippen molar-refractivity contribution < 1.29 is 27.6 Å². The average molecular weight is 348 g/mol. The van der Waals surface area contributed by atoms with Gasteiger partial charge in [-0.25, -0.2) is 13.6 Å². The lowest BCUT2D eigenvalue weighted by Gasteiger charge is -2.18. The van der Waals surface area contributed by atoms with Gasteiger partial charge in [-0.3, -0.25) is 14.5 Å². The fourth-order valence-electron chi connectivity index (χ4n) is 2.62. The van der Waals surface area contributed by atoms with Crippen LogP contribution in [0.4, 0.5) is 13.6 Å². The second-order valence-corrected chi connectivity index (χ2v) is 5.91. The van der Waals surface area contributed by atoms with Crippen molar-refractivity contribution in [3.63, 3.8) is 0 Å². The zero-order valence-electron chi connectivity index (χ0n) is 13.4. The standard InChI is InChI=1S/C17H14F2N2O4/c1-9-3-6-14(25-9)17(2)15(23)21(16(24)20-17)8-13(22)10-4-5-11(18)12(19)7-10/h3-7H,8H2,1-2H3,(H,20,24)/t17-/m0/s1. The van der Waals surface area contributed by atoms with Crippen molar-refractivity contribution in [2.45, 2.75) is 19.4 Å². The fourth-order valence-corrected chi connectivity index (χ4v) is 2.62. The highest BCUT2D eigenvalue weighted by atomic mass is 19.2. The van der Waals surface area contributed by atoms with Crippen LogP contribution in [0.15, 0.2) is 34.7 Å². The van der Waals surface area contributed by atoms with Gasteiger partial charge in [-0.2, -0.15) is 0 Å². The van der Waals surface area contributed by atoms with Crippen molar-refractivity contribution in [2.75, 3.05) is 6.54 Å². The van der Waals surface area contributed by atoms with Crippen LogP contribution in [0, 0.1) is 18.6 Å². The third-order valence-corrected chi connectivity index (χ3v) is 4.05. The minimum absolute atomic E-state index is 0.137. The van der Waals surface area contributed by atoms with E-state index in [1.165, 1.54) is 6.92 Å². The number of nitrogens with zero attached hydrogens (tertiary/aromatic N) is 1. The molecule has 1 aliphatic heterocycles. The van der Waals surface area contributed by atoms with Crippen LogP contribution in [0.25, 0.3) is 0 Å². The Kier molecular flexibility index (Phi) is 3.90. The van der Waals surface area contributed by atoms with Gasteiger partial charge in [-0.05, 0) is 44.2 Å². The fraction of sp³-hybridized carbons (Fsp3) is 0.235. The molecule has 25 heavy (non-hydrogen) atoms. The molecule has 0 unspecified atom stereocenters. The van der Waals surface area contributed by atoms with Gasteiger partial charge < -0.3 is 9.73 Å². The normalized spacial score (nSPS) is 20.1.